The van der Waals surface area contributed by atoms with Crippen molar-refractivity contribution in [3.8, 4) is 5.75 Å². The fraction of sp³-hybridized carbons (Fsp3) is 0. The second-order valence-corrected chi connectivity index (χ2v) is 3.82. The molecule has 0 saturated carbocycles. The lowest BCUT2D eigenvalue weighted by molar-refractivity contribution is 0.386. The molecule has 1 rings (SSSR count). The molecule has 0 radical (unpaired) electrons. The van der Waals surface area contributed by atoms with E-state index in [-0.39, 0.29) is 5.75 Å². The molecule has 12 heavy (non-hydrogen) atoms. The second-order valence-electron chi connectivity index (χ2n) is 1.94. The van der Waals surface area contributed by atoms with Gasteiger partial charge in [-0.2, -0.15) is 8.42 Å². The summed E-state index contributed by atoms with van der Waals surface area (Å²) in [5.41, 5.74) is 0. The van der Waals surface area contributed by atoms with Gasteiger partial charge in [0.15, 0.2) is 5.75 Å². The topological polar surface area (TPSA) is 63.6 Å². The lowest BCUT2D eigenvalue weighted by Crippen LogP contribution is -2.06. The van der Waals surface area contributed by atoms with Gasteiger partial charge in [-0.05, 0) is 28.1 Å². The van der Waals surface area contributed by atoms with E-state index in [1.165, 1.54) is 6.07 Å². The summed E-state index contributed by atoms with van der Waals surface area (Å²) in [6.07, 6.45) is 0. The van der Waals surface area contributed by atoms with E-state index in [4.69, 9.17) is 4.55 Å². The summed E-state index contributed by atoms with van der Waals surface area (Å²) in [5, 5.41) is 0. The Morgan fingerprint density at radius 1 is 1.33 bits per heavy atom. The summed E-state index contributed by atoms with van der Waals surface area (Å²) in [7, 11) is -4.43. The third-order valence-electron chi connectivity index (χ3n) is 1.03. The average Bonchev–Trinajstić information content (AvgIpc) is 1.91. The lowest BCUT2D eigenvalue weighted by atomic mass is 10.3. The van der Waals surface area contributed by atoms with Crippen LogP contribution in [0.4, 0.5) is 0 Å². The molecule has 0 atom stereocenters. The first-order valence-electron chi connectivity index (χ1n) is 2.90. The van der Waals surface area contributed by atoms with E-state index in [2.05, 4.69) is 20.1 Å². The molecule has 0 aliphatic carbocycles. The zero-order chi connectivity index (χ0) is 9.19. The van der Waals surface area contributed by atoms with Gasteiger partial charge < -0.3 is 4.18 Å². The largest absolute Gasteiger partial charge is 0.446 e. The van der Waals surface area contributed by atoms with Crippen LogP contribution >= 0.6 is 15.9 Å². The van der Waals surface area contributed by atoms with Crippen LogP contribution in [0.25, 0.3) is 0 Å². The fourth-order valence-electron chi connectivity index (χ4n) is 0.626. The van der Waals surface area contributed by atoms with Gasteiger partial charge in [0.2, 0.25) is 0 Å². The van der Waals surface area contributed by atoms with Crippen LogP contribution in [0.15, 0.2) is 28.7 Å². The van der Waals surface area contributed by atoms with Crippen LogP contribution < -0.4 is 4.18 Å². The molecule has 0 unspecified atom stereocenters. The van der Waals surface area contributed by atoms with Crippen LogP contribution in [0, 0.1) is 0 Å². The maximum atomic E-state index is 10.3. The second kappa shape index (κ2) is 3.42. The van der Waals surface area contributed by atoms with Gasteiger partial charge in [-0.1, -0.05) is 12.1 Å². The first-order chi connectivity index (χ1) is 5.49. The Bertz CT molecular complexity index is 373. The highest BCUT2D eigenvalue weighted by molar-refractivity contribution is 9.10. The monoisotopic (exact) mass is 252 g/mol. The maximum absolute atomic E-state index is 10.3. The summed E-state index contributed by atoms with van der Waals surface area (Å²) in [5.74, 6) is 0.0556. The predicted molar refractivity (Wildman–Crippen MR) is 46.3 cm³/mol. The minimum atomic E-state index is -4.43. The molecule has 1 aromatic rings. The van der Waals surface area contributed by atoms with Gasteiger partial charge in [-0.3, -0.25) is 4.55 Å². The van der Waals surface area contributed by atoms with Gasteiger partial charge in [-0.15, -0.1) is 0 Å². The molecule has 66 valence electrons. The molecule has 0 aliphatic rings. The summed E-state index contributed by atoms with van der Waals surface area (Å²) < 4.78 is 33.5. The molecular formula is C6H5BrO4S. The number of hydrogen-bond donors (Lipinski definition) is 1. The highest BCUT2D eigenvalue weighted by atomic mass is 79.9. The molecule has 0 fully saturated rings. The SMILES string of the molecule is O=S(=O)(O)Oc1ccccc1Br. The number of halogens is 1. The summed E-state index contributed by atoms with van der Waals surface area (Å²) in [4.78, 5) is 0. The molecule has 6 heteroatoms. The normalized spacial score (nSPS) is 11.2. The Labute approximate surface area is 78.3 Å². The number of benzene rings is 1. The standard InChI is InChI=1S/C6H5BrO4S/c7-5-3-1-2-4-6(5)11-12(8,9)10/h1-4H,(H,8,9,10). The van der Waals surface area contributed by atoms with Crippen molar-refractivity contribution in [1.82, 2.24) is 0 Å². The maximum Gasteiger partial charge on any atom is 0.446 e. The first-order valence-corrected chi connectivity index (χ1v) is 5.06. The molecule has 1 aromatic carbocycles. The molecule has 4 nitrogen and oxygen atoms in total. The van der Waals surface area contributed by atoms with Crippen molar-refractivity contribution >= 4 is 26.3 Å². The van der Waals surface area contributed by atoms with Crippen molar-refractivity contribution in [2.24, 2.45) is 0 Å². The highest BCUT2D eigenvalue weighted by Crippen LogP contribution is 2.24. The van der Waals surface area contributed by atoms with Gasteiger partial charge in [0.25, 0.3) is 0 Å². The van der Waals surface area contributed by atoms with Gasteiger partial charge >= 0.3 is 10.4 Å². The summed E-state index contributed by atoms with van der Waals surface area (Å²) in [6, 6.07) is 6.30. The minimum absolute atomic E-state index is 0.0556. The number of rotatable bonds is 2. The van der Waals surface area contributed by atoms with Crippen LogP contribution in [0.3, 0.4) is 0 Å². The van der Waals surface area contributed by atoms with E-state index in [9.17, 15) is 8.42 Å². The Morgan fingerprint density at radius 2 is 1.92 bits per heavy atom. The Morgan fingerprint density at radius 3 is 2.42 bits per heavy atom. The van der Waals surface area contributed by atoms with E-state index < -0.39 is 10.4 Å². The summed E-state index contributed by atoms with van der Waals surface area (Å²) >= 11 is 3.05. The third kappa shape index (κ3) is 2.80. The van der Waals surface area contributed by atoms with Crippen LogP contribution in [-0.2, 0) is 10.4 Å². The Balaban J connectivity index is 2.98. The molecular weight excluding hydrogens is 248 g/mol. The van der Waals surface area contributed by atoms with Crippen molar-refractivity contribution in [3.63, 3.8) is 0 Å². The lowest BCUT2D eigenvalue weighted by Gasteiger charge is -2.01. The Hall–Kier alpha value is -0.590. The van der Waals surface area contributed by atoms with E-state index in [0.717, 1.165) is 0 Å². The zero-order valence-corrected chi connectivity index (χ0v) is 8.17. The van der Waals surface area contributed by atoms with Crippen molar-refractivity contribution in [2.75, 3.05) is 0 Å². The number of hydrogen-bond acceptors (Lipinski definition) is 3. The van der Waals surface area contributed by atoms with Gasteiger partial charge in [0.05, 0.1) is 4.47 Å². The third-order valence-corrected chi connectivity index (χ3v) is 2.08. The van der Waals surface area contributed by atoms with Crippen molar-refractivity contribution in [2.45, 2.75) is 0 Å². The molecule has 1 N–H and O–H groups in total. The first kappa shape index (κ1) is 9.50. The highest BCUT2D eigenvalue weighted by Gasteiger charge is 2.08. The minimum Gasteiger partial charge on any atom is -0.361 e. The van der Waals surface area contributed by atoms with E-state index in [1.54, 1.807) is 18.2 Å². The van der Waals surface area contributed by atoms with Gasteiger partial charge in [-0.25, -0.2) is 0 Å². The molecule has 0 aliphatic heterocycles. The van der Waals surface area contributed by atoms with Crippen LogP contribution in [0.5, 0.6) is 5.75 Å². The van der Waals surface area contributed by atoms with Gasteiger partial charge in [0, 0.05) is 0 Å². The van der Waals surface area contributed by atoms with Crippen molar-refractivity contribution < 1.29 is 17.2 Å². The van der Waals surface area contributed by atoms with E-state index >= 15 is 0 Å². The van der Waals surface area contributed by atoms with Gasteiger partial charge in [0.1, 0.15) is 0 Å². The van der Waals surface area contributed by atoms with Crippen molar-refractivity contribution in [3.05, 3.63) is 28.7 Å². The Kier molecular flexibility index (Phi) is 2.71. The smallest absolute Gasteiger partial charge is 0.361 e. The molecule has 0 saturated heterocycles. The van der Waals surface area contributed by atoms with E-state index in [0.29, 0.717) is 4.47 Å². The average molecular weight is 253 g/mol. The molecule has 0 spiro atoms. The predicted octanol–water partition coefficient (Wildman–Crippen LogP) is 1.63. The molecule has 0 amide bonds. The van der Waals surface area contributed by atoms with Crippen molar-refractivity contribution in [1.29, 1.82) is 0 Å². The molecule has 0 heterocycles. The van der Waals surface area contributed by atoms with Crippen LogP contribution in [-0.4, -0.2) is 13.0 Å². The van der Waals surface area contributed by atoms with Crippen LogP contribution in [0.2, 0.25) is 0 Å². The van der Waals surface area contributed by atoms with E-state index in [1.807, 2.05) is 0 Å². The van der Waals surface area contributed by atoms with Crippen LogP contribution in [0.1, 0.15) is 0 Å². The fourth-order valence-corrected chi connectivity index (χ4v) is 1.47. The molecule has 0 bridgehead atoms. The quantitative estimate of drug-likeness (QED) is 0.813. The summed E-state index contributed by atoms with van der Waals surface area (Å²) in [6.45, 7) is 0. The molecule has 0 aromatic heterocycles. The number of para-hydroxylation sites is 1. The zero-order valence-electron chi connectivity index (χ0n) is 5.77.